The van der Waals surface area contributed by atoms with Gasteiger partial charge in [0.2, 0.25) is 0 Å². The van der Waals surface area contributed by atoms with E-state index < -0.39 is 0 Å². The van der Waals surface area contributed by atoms with Crippen molar-refractivity contribution < 1.29 is 4.74 Å². The summed E-state index contributed by atoms with van der Waals surface area (Å²) in [7, 11) is 0. The number of nitrogens with zero attached hydrogens (tertiary/aromatic N) is 1. The third-order valence-corrected chi connectivity index (χ3v) is 3.46. The minimum Gasteiger partial charge on any atom is -0.384 e. The molecule has 0 radical (unpaired) electrons. The summed E-state index contributed by atoms with van der Waals surface area (Å²) in [5, 5.41) is 7.41. The first-order valence-electron chi connectivity index (χ1n) is 5.65. The van der Waals surface area contributed by atoms with Gasteiger partial charge in [-0.1, -0.05) is 0 Å². The second kappa shape index (κ2) is 5.51. The van der Waals surface area contributed by atoms with Crippen LogP contribution in [-0.2, 0) is 4.74 Å². The summed E-state index contributed by atoms with van der Waals surface area (Å²) in [6.45, 7) is 3.50. The molecule has 3 N–H and O–H groups in total. The molecule has 1 aliphatic heterocycles. The van der Waals surface area contributed by atoms with Crippen LogP contribution in [0, 0.1) is 5.41 Å². The van der Waals surface area contributed by atoms with E-state index in [2.05, 4.69) is 20.8 Å². The second-order valence-corrected chi connectivity index (χ2v) is 4.89. The molecule has 2 rings (SSSR count). The molecule has 0 atom stereocenters. The highest BCUT2D eigenvalue weighted by molar-refractivity contribution is 9.10. The SMILES string of the molecule is N=C(N)c1ccc(N2CCCOCC2)c(Br)c1. The Morgan fingerprint density at radius 1 is 1.35 bits per heavy atom. The molecule has 0 unspecified atom stereocenters. The van der Waals surface area contributed by atoms with Gasteiger partial charge < -0.3 is 15.4 Å². The lowest BCUT2D eigenvalue weighted by atomic mass is 10.2. The van der Waals surface area contributed by atoms with Crippen LogP contribution in [0.1, 0.15) is 12.0 Å². The van der Waals surface area contributed by atoms with Crippen LogP contribution in [0.2, 0.25) is 0 Å². The van der Waals surface area contributed by atoms with E-state index >= 15 is 0 Å². The average Bonchev–Trinajstić information content (AvgIpc) is 2.57. The highest BCUT2D eigenvalue weighted by Crippen LogP contribution is 2.28. The smallest absolute Gasteiger partial charge is 0.122 e. The van der Waals surface area contributed by atoms with E-state index in [-0.39, 0.29) is 5.84 Å². The van der Waals surface area contributed by atoms with Crippen molar-refractivity contribution in [1.82, 2.24) is 0 Å². The summed E-state index contributed by atoms with van der Waals surface area (Å²) in [4.78, 5) is 2.29. The average molecular weight is 298 g/mol. The minimum absolute atomic E-state index is 0.0939. The molecule has 5 heteroatoms. The van der Waals surface area contributed by atoms with Gasteiger partial charge in [-0.05, 0) is 40.5 Å². The van der Waals surface area contributed by atoms with E-state index in [1.807, 2.05) is 18.2 Å². The van der Waals surface area contributed by atoms with Gasteiger partial charge in [0.1, 0.15) is 5.84 Å². The molecule has 4 nitrogen and oxygen atoms in total. The normalized spacial score (nSPS) is 16.6. The van der Waals surface area contributed by atoms with Crippen molar-refractivity contribution in [3.63, 3.8) is 0 Å². The Balaban J connectivity index is 2.22. The lowest BCUT2D eigenvalue weighted by Crippen LogP contribution is -2.26. The molecule has 1 saturated heterocycles. The first kappa shape index (κ1) is 12.4. The molecule has 0 saturated carbocycles. The summed E-state index contributed by atoms with van der Waals surface area (Å²) >= 11 is 3.54. The first-order chi connectivity index (χ1) is 8.18. The molecule has 1 aliphatic rings. The van der Waals surface area contributed by atoms with Gasteiger partial charge in [-0.25, -0.2) is 0 Å². The summed E-state index contributed by atoms with van der Waals surface area (Å²) in [5.74, 6) is 0.0939. The van der Waals surface area contributed by atoms with E-state index in [4.69, 9.17) is 15.9 Å². The van der Waals surface area contributed by atoms with Crippen LogP contribution in [0.15, 0.2) is 22.7 Å². The van der Waals surface area contributed by atoms with E-state index in [0.29, 0.717) is 0 Å². The quantitative estimate of drug-likeness (QED) is 0.648. The summed E-state index contributed by atoms with van der Waals surface area (Å²) in [5.41, 5.74) is 7.35. The van der Waals surface area contributed by atoms with Crippen LogP contribution < -0.4 is 10.6 Å². The Kier molecular flexibility index (Phi) is 4.02. The maximum atomic E-state index is 7.41. The zero-order valence-corrected chi connectivity index (χ0v) is 11.2. The molecule has 0 amide bonds. The zero-order chi connectivity index (χ0) is 12.3. The Bertz CT molecular complexity index is 414. The Hall–Kier alpha value is -1.07. The van der Waals surface area contributed by atoms with Crippen molar-refractivity contribution in [3.05, 3.63) is 28.2 Å². The van der Waals surface area contributed by atoms with E-state index in [9.17, 15) is 0 Å². The van der Waals surface area contributed by atoms with Crippen molar-refractivity contribution >= 4 is 27.5 Å². The van der Waals surface area contributed by atoms with E-state index in [1.165, 1.54) is 0 Å². The number of nitrogens with two attached hydrogens (primary N) is 1. The molecule has 92 valence electrons. The van der Waals surface area contributed by atoms with Crippen molar-refractivity contribution in [2.75, 3.05) is 31.2 Å². The Morgan fingerprint density at radius 3 is 2.88 bits per heavy atom. The lowest BCUT2D eigenvalue weighted by molar-refractivity contribution is 0.152. The third-order valence-electron chi connectivity index (χ3n) is 2.82. The summed E-state index contributed by atoms with van der Waals surface area (Å²) in [6, 6.07) is 5.78. The Morgan fingerprint density at radius 2 is 2.18 bits per heavy atom. The van der Waals surface area contributed by atoms with Gasteiger partial charge in [0.15, 0.2) is 0 Å². The molecule has 0 aromatic heterocycles. The maximum Gasteiger partial charge on any atom is 0.122 e. The molecule has 17 heavy (non-hydrogen) atoms. The highest BCUT2D eigenvalue weighted by Gasteiger charge is 2.13. The molecule has 0 aliphatic carbocycles. The van der Waals surface area contributed by atoms with Crippen LogP contribution >= 0.6 is 15.9 Å². The van der Waals surface area contributed by atoms with Gasteiger partial charge in [-0.3, -0.25) is 5.41 Å². The number of hydrogen-bond donors (Lipinski definition) is 2. The number of ether oxygens (including phenoxy) is 1. The van der Waals surface area contributed by atoms with Crippen molar-refractivity contribution in [2.45, 2.75) is 6.42 Å². The molecule has 1 fully saturated rings. The van der Waals surface area contributed by atoms with Gasteiger partial charge in [0.05, 0.1) is 12.3 Å². The number of benzene rings is 1. The zero-order valence-electron chi connectivity index (χ0n) is 9.58. The fourth-order valence-electron chi connectivity index (χ4n) is 1.92. The predicted octanol–water partition coefficient (Wildman–Crippen LogP) is 1.96. The second-order valence-electron chi connectivity index (χ2n) is 4.03. The van der Waals surface area contributed by atoms with Crippen LogP contribution in [0.25, 0.3) is 0 Å². The summed E-state index contributed by atoms with van der Waals surface area (Å²) < 4.78 is 6.42. The van der Waals surface area contributed by atoms with Gasteiger partial charge in [-0.15, -0.1) is 0 Å². The maximum absolute atomic E-state index is 7.41. The standard InChI is InChI=1S/C12H16BrN3O/c13-10-8-9(12(14)15)2-3-11(10)16-4-1-6-17-7-5-16/h2-3,8H,1,4-7H2,(H3,14,15). The molecule has 0 bridgehead atoms. The molecular formula is C12H16BrN3O. The van der Waals surface area contributed by atoms with Gasteiger partial charge in [0, 0.05) is 29.7 Å². The van der Waals surface area contributed by atoms with E-state index in [0.717, 1.165) is 48.4 Å². The van der Waals surface area contributed by atoms with Crippen LogP contribution in [0.5, 0.6) is 0 Å². The molecule has 1 aromatic carbocycles. The van der Waals surface area contributed by atoms with Crippen molar-refractivity contribution in [2.24, 2.45) is 5.73 Å². The monoisotopic (exact) mass is 297 g/mol. The van der Waals surface area contributed by atoms with Gasteiger partial charge >= 0.3 is 0 Å². The van der Waals surface area contributed by atoms with E-state index in [1.54, 1.807) is 0 Å². The lowest BCUT2D eigenvalue weighted by Gasteiger charge is -2.23. The highest BCUT2D eigenvalue weighted by atomic mass is 79.9. The van der Waals surface area contributed by atoms with Crippen LogP contribution in [-0.4, -0.2) is 32.1 Å². The molecule has 1 heterocycles. The molecule has 1 aromatic rings. The van der Waals surface area contributed by atoms with Gasteiger partial charge in [0.25, 0.3) is 0 Å². The molecular weight excluding hydrogens is 282 g/mol. The number of nitrogens with one attached hydrogen (secondary N) is 1. The number of rotatable bonds is 2. The van der Waals surface area contributed by atoms with Crippen molar-refractivity contribution in [3.8, 4) is 0 Å². The number of nitrogen functional groups attached to an aromatic ring is 1. The third kappa shape index (κ3) is 2.98. The number of hydrogen-bond acceptors (Lipinski definition) is 3. The number of amidine groups is 1. The fraction of sp³-hybridized carbons (Fsp3) is 0.417. The topological polar surface area (TPSA) is 62.3 Å². The van der Waals surface area contributed by atoms with Crippen LogP contribution in [0.4, 0.5) is 5.69 Å². The number of halogens is 1. The fourth-order valence-corrected chi connectivity index (χ4v) is 2.55. The summed E-state index contributed by atoms with van der Waals surface area (Å²) in [6.07, 6.45) is 1.04. The van der Waals surface area contributed by atoms with Crippen molar-refractivity contribution in [1.29, 1.82) is 5.41 Å². The van der Waals surface area contributed by atoms with Crippen LogP contribution in [0.3, 0.4) is 0 Å². The minimum atomic E-state index is 0.0939. The Labute approximate surface area is 109 Å². The molecule has 0 spiro atoms. The number of anilines is 1. The first-order valence-corrected chi connectivity index (χ1v) is 6.44. The largest absolute Gasteiger partial charge is 0.384 e. The van der Waals surface area contributed by atoms with Gasteiger partial charge in [-0.2, -0.15) is 0 Å². The predicted molar refractivity (Wildman–Crippen MR) is 72.8 cm³/mol.